The zero-order chi connectivity index (χ0) is 21.7. The summed E-state index contributed by atoms with van der Waals surface area (Å²) in [6, 6.07) is 10.6. The number of benzene rings is 2. The molecule has 4 heteroatoms. The van der Waals surface area contributed by atoms with Gasteiger partial charge in [-0.1, -0.05) is 65.8 Å². The third-order valence-electron chi connectivity index (χ3n) is 4.80. The number of rotatable bonds is 1. The lowest BCUT2D eigenvalue weighted by Gasteiger charge is -2.13. The van der Waals surface area contributed by atoms with Crippen LogP contribution in [-0.4, -0.2) is 6.21 Å². The minimum atomic E-state index is -0.774. The number of allylic oxidation sites excluding steroid dienone is 6. The van der Waals surface area contributed by atoms with E-state index in [1.807, 2.05) is 38.4 Å². The Bertz CT molecular complexity index is 1050. The van der Waals surface area contributed by atoms with Gasteiger partial charge in [0.15, 0.2) is 11.6 Å². The van der Waals surface area contributed by atoms with Crippen molar-refractivity contribution in [2.45, 2.75) is 27.7 Å². The highest BCUT2D eigenvalue weighted by Crippen LogP contribution is 2.26. The van der Waals surface area contributed by atoms with Crippen molar-refractivity contribution in [2.75, 3.05) is 0 Å². The Hall–Kier alpha value is -3.27. The fraction of sp³-hybridized carbons (Fsp3) is 0.154. The van der Waals surface area contributed by atoms with Crippen molar-refractivity contribution < 1.29 is 8.78 Å². The summed E-state index contributed by atoms with van der Waals surface area (Å²) in [6.07, 6.45) is 12.1. The normalized spacial score (nSPS) is 17.5. The molecule has 0 saturated heterocycles. The topological polar surface area (TPSA) is 24.4 Å². The van der Waals surface area contributed by atoms with Crippen LogP contribution in [0.1, 0.15) is 25.0 Å². The SMILES string of the molecule is CC1=C[CH]/C(=C2\N=CC(C)=CN2)C=C1.Cc1ccc(-c2ccc(C)c(F)c2F)cc1. The fourth-order valence-electron chi connectivity index (χ4n) is 2.89. The predicted octanol–water partition coefficient (Wildman–Crippen LogP) is 6.74. The zero-order valence-corrected chi connectivity index (χ0v) is 17.6. The van der Waals surface area contributed by atoms with E-state index in [4.69, 9.17) is 0 Å². The Morgan fingerprint density at radius 2 is 1.53 bits per heavy atom. The highest BCUT2D eigenvalue weighted by Gasteiger charge is 2.12. The van der Waals surface area contributed by atoms with Gasteiger partial charge in [-0.3, -0.25) is 0 Å². The molecule has 0 spiro atoms. The Kier molecular flexibility index (Phi) is 6.78. The van der Waals surface area contributed by atoms with Gasteiger partial charge in [-0.15, -0.1) is 0 Å². The molecule has 0 aromatic heterocycles. The first-order valence-electron chi connectivity index (χ1n) is 9.78. The number of halogens is 2. The molecule has 2 aliphatic rings. The molecular formula is C26H25F2N2. The van der Waals surface area contributed by atoms with Crippen molar-refractivity contribution >= 4 is 6.21 Å². The molecule has 0 atom stereocenters. The largest absolute Gasteiger partial charge is 0.346 e. The van der Waals surface area contributed by atoms with E-state index in [-0.39, 0.29) is 0 Å². The third kappa shape index (κ3) is 5.20. The smallest absolute Gasteiger partial charge is 0.166 e. The molecule has 1 aliphatic heterocycles. The molecule has 1 heterocycles. The van der Waals surface area contributed by atoms with Crippen LogP contribution in [0.25, 0.3) is 11.1 Å². The Morgan fingerprint density at radius 3 is 2.13 bits per heavy atom. The summed E-state index contributed by atoms with van der Waals surface area (Å²) in [6.45, 7) is 7.60. The first-order valence-corrected chi connectivity index (χ1v) is 9.78. The highest BCUT2D eigenvalue weighted by atomic mass is 19.2. The molecule has 2 aromatic rings. The van der Waals surface area contributed by atoms with Crippen molar-refractivity contribution in [1.29, 1.82) is 0 Å². The van der Waals surface area contributed by atoms with Crippen LogP contribution in [0, 0.1) is 31.9 Å². The number of nitrogens with one attached hydrogen (secondary N) is 1. The molecule has 0 unspecified atom stereocenters. The van der Waals surface area contributed by atoms with Crippen molar-refractivity contribution in [3.05, 3.63) is 113 Å². The lowest BCUT2D eigenvalue weighted by Crippen LogP contribution is -2.12. The fourth-order valence-corrected chi connectivity index (χ4v) is 2.89. The number of nitrogens with zero attached hydrogens (tertiary/aromatic N) is 1. The van der Waals surface area contributed by atoms with Crippen LogP contribution >= 0.6 is 0 Å². The maximum absolute atomic E-state index is 13.7. The maximum Gasteiger partial charge on any atom is 0.166 e. The Labute approximate surface area is 177 Å². The van der Waals surface area contributed by atoms with Crippen molar-refractivity contribution in [3.8, 4) is 11.1 Å². The standard InChI is InChI=1S/C14H12F2.C12H13N2/c1-9-3-6-11(7-4-9)12-8-5-10(2)13(15)14(12)16;1-9-3-5-11(6-4-9)12-13-7-10(2)8-14-12/h3-8H,1-2H3;3-8,13H,1-2H3. The van der Waals surface area contributed by atoms with E-state index in [2.05, 4.69) is 41.9 Å². The van der Waals surface area contributed by atoms with Crippen LogP contribution in [-0.2, 0) is 0 Å². The molecule has 1 N–H and O–H groups in total. The quantitative estimate of drug-likeness (QED) is 0.560. The van der Waals surface area contributed by atoms with E-state index in [0.29, 0.717) is 16.7 Å². The highest BCUT2D eigenvalue weighted by molar-refractivity contribution is 5.80. The van der Waals surface area contributed by atoms with Gasteiger partial charge in [0.1, 0.15) is 5.82 Å². The van der Waals surface area contributed by atoms with Crippen molar-refractivity contribution in [1.82, 2.24) is 5.32 Å². The Balaban J connectivity index is 0.000000172. The summed E-state index contributed by atoms with van der Waals surface area (Å²) in [4.78, 5) is 4.32. The van der Waals surface area contributed by atoms with E-state index >= 15 is 0 Å². The van der Waals surface area contributed by atoms with Gasteiger partial charge in [0.2, 0.25) is 0 Å². The summed E-state index contributed by atoms with van der Waals surface area (Å²) in [5, 5.41) is 3.16. The van der Waals surface area contributed by atoms with Gasteiger partial charge >= 0.3 is 0 Å². The zero-order valence-electron chi connectivity index (χ0n) is 17.6. The minimum Gasteiger partial charge on any atom is -0.346 e. The van der Waals surface area contributed by atoms with Crippen LogP contribution in [0.4, 0.5) is 8.78 Å². The molecule has 1 aliphatic carbocycles. The second kappa shape index (κ2) is 9.49. The molecule has 0 fully saturated rings. The molecule has 0 saturated carbocycles. The van der Waals surface area contributed by atoms with Gasteiger partial charge in [0, 0.05) is 30.0 Å². The van der Waals surface area contributed by atoms with Gasteiger partial charge < -0.3 is 5.32 Å². The lowest BCUT2D eigenvalue weighted by atomic mass is 10.0. The summed E-state index contributed by atoms with van der Waals surface area (Å²) in [5.74, 6) is -0.627. The number of hydrogen-bond acceptors (Lipinski definition) is 2. The molecule has 1 radical (unpaired) electrons. The Morgan fingerprint density at radius 1 is 0.800 bits per heavy atom. The minimum absolute atomic E-state index is 0.308. The molecule has 153 valence electrons. The molecule has 30 heavy (non-hydrogen) atoms. The van der Waals surface area contributed by atoms with Gasteiger partial charge in [-0.2, -0.15) is 0 Å². The average molecular weight is 403 g/mol. The molecule has 2 nitrogen and oxygen atoms in total. The maximum atomic E-state index is 13.7. The molecule has 4 rings (SSSR count). The van der Waals surface area contributed by atoms with E-state index in [0.717, 1.165) is 22.5 Å². The number of aliphatic imine (C=N–C) groups is 1. The van der Waals surface area contributed by atoms with E-state index in [1.54, 1.807) is 31.2 Å². The molecule has 0 bridgehead atoms. The summed E-state index contributed by atoms with van der Waals surface area (Å²) >= 11 is 0. The van der Waals surface area contributed by atoms with E-state index in [9.17, 15) is 8.78 Å². The third-order valence-corrected chi connectivity index (χ3v) is 4.80. The lowest BCUT2D eigenvalue weighted by molar-refractivity contribution is 0.505. The van der Waals surface area contributed by atoms with E-state index < -0.39 is 11.6 Å². The molecule has 0 amide bonds. The summed E-state index contributed by atoms with van der Waals surface area (Å²) in [5.41, 5.74) is 5.95. The van der Waals surface area contributed by atoms with Crippen LogP contribution < -0.4 is 5.32 Å². The summed E-state index contributed by atoms with van der Waals surface area (Å²) < 4.78 is 27.1. The van der Waals surface area contributed by atoms with Crippen LogP contribution in [0.5, 0.6) is 0 Å². The second-order valence-electron chi connectivity index (χ2n) is 7.43. The number of hydrogen-bond donors (Lipinski definition) is 1. The second-order valence-corrected chi connectivity index (χ2v) is 7.43. The van der Waals surface area contributed by atoms with Crippen molar-refractivity contribution in [2.24, 2.45) is 4.99 Å². The van der Waals surface area contributed by atoms with Crippen LogP contribution in [0.3, 0.4) is 0 Å². The first kappa shape index (κ1) is 21.4. The van der Waals surface area contributed by atoms with E-state index in [1.165, 1.54) is 5.57 Å². The van der Waals surface area contributed by atoms with Gasteiger partial charge in [-0.05, 0) is 44.4 Å². The summed E-state index contributed by atoms with van der Waals surface area (Å²) in [7, 11) is 0. The van der Waals surface area contributed by atoms with Crippen LogP contribution in [0.2, 0.25) is 0 Å². The van der Waals surface area contributed by atoms with Crippen LogP contribution in [0.15, 0.2) is 88.4 Å². The van der Waals surface area contributed by atoms with Gasteiger partial charge in [-0.25, -0.2) is 13.8 Å². The molecule has 2 aromatic carbocycles. The van der Waals surface area contributed by atoms with Gasteiger partial charge in [0.25, 0.3) is 0 Å². The van der Waals surface area contributed by atoms with Crippen molar-refractivity contribution in [3.63, 3.8) is 0 Å². The monoisotopic (exact) mass is 403 g/mol. The predicted molar refractivity (Wildman–Crippen MR) is 121 cm³/mol. The number of aryl methyl sites for hydroxylation is 2. The molecular weight excluding hydrogens is 378 g/mol. The van der Waals surface area contributed by atoms with Gasteiger partial charge in [0.05, 0.1) is 0 Å². The first-order chi connectivity index (χ1) is 14.3. The average Bonchev–Trinajstić information content (AvgIpc) is 2.75.